The van der Waals surface area contributed by atoms with Crippen molar-refractivity contribution in [1.29, 1.82) is 0 Å². The summed E-state index contributed by atoms with van der Waals surface area (Å²) in [6.45, 7) is 5.54. The molecule has 0 fully saturated rings. The van der Waals surface area contributed by atoms with Gasteiger partial charge in [-0.25, -0.2) is 9.78 Å². The number of benzene rings is 1. The fraction of sp³-hybridized carbons (Fsp3) is 0.278. The maximum atomic E-state index is 11.9. The van der Waals surface area contributed by atoms with Crippen molar-refractivity contribution in [2.75, 3.05) is 17.7 Å². The Kier molecular flexibility index (Phi) is 5.18. The molecule has 2 aromatic rings. The van der Waals surface area contributed by atoms with Crippen molar-refractivity contribution in [1.82, 2.24) is 4.98 Å². The predicted octanol–water partition coefficient (Wildman–Crippen LogP) is 3.60. The minimum Gasteiger partial charge on any atom is -0.465 e. The summed E-state index contributed by atoms with van der Waals surface area (Å²) in [4.78, 5) is 27.7. The molecule has 6 nitrogen and oxygen atoms in total. The van der Waals surface area contributed by atoms with Crippen LogP contribution in [0.25, 0.3) is 0 Å². The molecule has 2 rings (SSSR count). The number of methoxy groups -OCH3 is 1. The molecule has 1 aromatic heterocycles. The number of nitrogens with one attached hydrogen (secondary N) is 2. The van der Waals surface area contributed by atoms with Crippen LogP contribution >= 0.6 is 0 Å². The van der Waals surface area contributed by atoms with Gasteiger partial charge >= 0.3 is 5.97 Å². The molecule has 0 bridgehead atoms. The number of anilines is 3. The first-order valence-electron chi connectivity index (χ1n) is 7.52. The maximum Gasteiger partial charge on any atom is 0.337 e. The van der Waals surface area contributed by atoms with E-state index in [-0.39, 0.29) is 5.91 Å². The van der Waals surface area contributed by atoms with Gasteiger partial charge in [-0.1, -0.05) is 26.8 Å². The van der Waals surface area contributed by atoms with Crippen molar-refractivity contribution < 1.29 is 14.3 Å². The highest BCUT2D eigenvalue weighted by Gasteiger charge is 2.21. The molecule has 1 aromatic carbocycles. The smallest absolute Gasteiger partial charge is 0.337 e. The zero-order valence-corrected chi connectivity index (χ0v) is 14.2. The number of esters is 1. The van der Waals surface area contributed by atoms with E-state index >= 15 is 0 Å². The molecule has 0 spiro atoms. The first-order chi connectivity index (χ1) is 11.3. The summed E-state index contributed by atoms with van der Waals surface area (Å²) < 4.78 is 4.70. The molecule has 0 unspecified atom stereocenters. The van der Waals surface area contributed by atoms with Gasteiger partial charge in [0.1, 0.15) is 5.82 Å². The summed E-state index contributed by atoms with van der Waals surface area (Å²) >= 11 is 0. The average molecular weight is 327 g/mol. The van der Waals surface area contributed by atoms with Crippen LogP contribution in [-0.2, 0) is 9.53 Å². The molecule has 0 aliphatic rings. The second-order valence-corrected chi connectivity index (χ2v) is 6.33. The van der Waals surface area contributed by atoms with Gasteiger partial charge in [-0.05, 0) is 30.3 Å². The van der Waals surface area contributed by atoms with Gasteiger partial charge in [0, 0.05) is 11.1 Å². The van der Waals surface area contributed by atoms with Crippen LogP contribution in [-0.4, -0.2) is 24.0 Å². The summed E-state index contributed by atoms with van der Waals surface area (Å²) in [5, 5.41) is 5.92. The number of nitrogens with zero attached hydrogens (tertiary/aromatic N) is 1. The zero-order valence-electron chi connectivity index (χ0n) is 14.2. The maximum absolute atomic E-state index is 11.9. The first kappa shape index (κ1) is 17.5. The number of amides is 1. The fourth-order valence-corrected chi connectivity index (χ4v) is 1.85. The Hall–Kier alpha value is -2.89. The van der Waals surface area contributed by atoms with Crippen LogP contribution in [0.2, 0.25) is 0 Å². The molecule has 1 heterocycles. The topological polar surface area (TPSA) is 80.3 Å². The van der Waals surface area contributed by atoms with Crippen molar-refractivity contribution in [3.05, 3.63) is 48.2 Å². The van der Waals surface area contributed by atoms with Crippen LogP contribution < -0.4 is 10.6 Å². The second-order valence-electron chi connectivity index (χ2n) is 6.33. The Labute approximate surface area is 141 Å². The van der Waals surface area contributed by atoms with Gasteiger partial charge in [-0.3, -0.25) is 4.79 Å². The summed E-state index contributed by atoms with van der Waals surface area (Å²) in [7, 11) is 1.34. The van der Waals surface area contributed by atoms with Crippen LogP contribution in [0.3, 0.4) is 0 Å². The Morgan fingerprint density at radius 3 is 2.42 bits per heavy atom. The summed E-state index contributed by atoms with van der Waals surface area (Å²) in [5.74, 6) is 0.133. The monoisotopic (exact) mass is 327 g/mol. The number of pyridine rings is 1. The lowest BCUT2D eigenvalue weighted by molar-refractivity contribution is -0.123. The van der Waals surface area contributed by atoms with Gasteiger partial charge in [0.2, 0.25) is 5.91 Å². The number of aromatic nitrogens is 1. The largest absolute Gasteiger partial charge is 0.465 e. The third-order valence-corrected chi connectivity index (χ3v) is 3.26. The molecule has 0 saturated carbocycles. The third-order valence-electron chi connectivity index (χ3n) is 3.26. The molecule has 0 radical (unpaired) electrons. The van der Waals surface area contributed by atoms with Crippen molar-refractivity contribution >= 4 is 29.1 Å². The van der Waals surface area contributed by atoms with E-state index in [1.165, 1.54) is 7.11 Å². The molecule has 0 aliphatic carbocycles. The zero-order chi connectivity index (χ0) is 17.7. The van der Waals surface area contributed by atoms with Gasteiger partial charge < -0.3 is 15.4 Å². The molecule has 0 atom stereocenters. The molecule has 0 aliphatic heterocycles. The third kappa shape index (κ3) is 4.55. The lowest BCUT2D eigenvalue weighted by atomic mass is 9.96. The van der Waals surface area contributed by atoms with Crippen LogP contribution in [0.1, 0.15) is 31.1 Å². The van der Waals surface area contributed by atoms with E-state index in [1.807, 2.05) is 26.8 Å². The summed E-state index contributed by atoms with van der Waals surface area (Å²) in [6.07, 6.45) is 1.58. The Morgan fingerprint density at radius 2 is 1.83 bits per heavy atom. The normalized spacial score (nSPS) is 10.8. The van der Waals surface area contributed by atoms with Crippen molar-refractivity contribution in [2.45, 2.75) is 20.8 Å². The molecule has 24 heavy (non-hydrogen) atoms. The Bertz CT molecular complexity index is 734. The summed E-state index contributed by atoms with van der Waals surface area (Å²) in [5.41, 5.74) is 1.34. The van der Waals surface area contributed by atoms with Gasteiger partial charge in [-0.2, -0.15) is 0 Å². The number of carbonyl (C=O) groups is 2. The highest BCUT2D eigenvalue weighted by atomic mass is 16.5. The Balaban J connectivity index is 2.07. The first-order valence-corrected chi connectivity index (χ1v) is 7.52. The molecule has 1 amide bonds. The minimum absolute atomic E-state index is 0.0733. The van der Waals surface area contributed by atoms with Crippen LogP contribution in [0.5, 0.6) is 0 Å². The van der Waals surface area contributed by atoms with E-state index in [9.17, 15) is 9.59 Å². The van der Waals surface area contributed by atoms with Crippen molar-refractivity contribution in [3.63, 3.8) is 0 Å². The molecule has 6 heteroatoms. The van der Waals surface area contributed by atoms with E-state index in [1.54, 1.807) is 36.5 Å². The van der Waals surface area contributed by atoms with E-state index in [0.29, 0.717) is 17.1 Å². The van der Waals surface area contributed by atoms with Crippen molar-refractivity contribution in [3.8, 4) is 0 Å². The number of hydrogen-bond acceptors (Lipinski definition) is 5. The highest BCUT2D eigenvalue weighted by Crippen LogP contribution is 2.20. The number of hydrogen-bond donors (Lipinski definition) is 2. The lowest BCUT2D eigenvalue weighted by Crippen LogP contribution is -2.27. The van der Waals surface area contributed by atoms with Crippen LogP contribution in [0, 0.1) is 5.41 Å². The molecule has 126 valence electrons. The second kappa shape index (κ2) is 7.12. The molecular formula is C18H21N3O3. The van der Waals surface area contributed by atoms with Gasteiger partial charge in [0.25, 0.3) is 0 Å². The van der Waals surface area contributed by atoms with Gasteiger partial charge in [0.15, 0.2) is 0 Å². The van der Waals surface area contributed by atoms with Gasteiger partial charge in [0.05, 0.1) is 24.6 Å². The van der Waals surface area contributed by atoms with Crippen molar-refractivity contribution in [2.24, 2.45) is 5.41 Å². The standard InChI is InChI=1S/C18H21N3O3/c1-18(2,3)17(23)21-14-8-9-15(19-11-14)20-13-7-5-6-12(10-13)16(22)24-4/h5-11H,1-4H3,(H,19,20)(H,21,23). The number of rotatable bonds is 4. The predicted molar refractivity (Wildman–Crippen MR) is 93.4 cm³/mol. The number of ether oxygens (including phenoxy) is 1. The summed E-state index contributed by atoms with van der Waals surface area (Å²) in [6, 6.07) is 10.5. The molecule has 2 N–H and O–H groups in total. The quantitative estimate of drug-likeness (QED) is 0.839. The SMILES string of the molecule is COC(=O)c1cccc(Nc2ccc(NC(=O)C(C)(C)C)cn2)c1. The van der Waals surface area contributed by atoms with Crippen LogP contribution in [0.15, 0.2) is 42.6 Å². The van der Waals surface area contributed by atoms with E-state index in [4.69, 9.17) is 4.74 Å². The fourth-order valence-electron chi connectivity index (χ4n) is 1.85. The number of carbonyl (C=O) groups excluding carboxylic acids is 2. The minimum atomic E-state index is -0.467. The van der Waals surface area contributed by atoms with Gasteiger partial charge in [-0.15, -0.1) is 0 Å². The molecular weight excluding hydrogens is 306 g/mol. The highest BCUT2D eigenvalue weighted by molar-refractivity contribution is 5.94. The molecule has 0 saturated heterocycles. The van der Waals surface area contributed by atoms with E-state index in [2.05, 4.69) is 15.6 Å². The Morgan fingerprint density at radius 1 is 1.08 bits per heavy atom. The average Bonchev–Trinajstić information content (AvgIpc) is 2.55. The lowest BCUT2D eigenvalue weighted by Gasteiger charge is -2.17. The van der Waals surface area contributed by atoms with E-state index < -0.39 is 11.4 Å². The van der Waals surface area contributed by atoms with Crippen LogP contribution in [0.4, 0.5) is 17.2 Å². The van der Waals surface area contributed by atoms with E-state index in [0.717, 1.165) is 5.69 Å².